The number of carbonyl (C=O) groups is 3. The van der Waals surface area contributed by atoms with Crippen LogP contribution in [0.25, 0.3) is 0 Å². The molecule has 0 aliphatic rings. The van der Waals surface area contributed by atoms with Gasteiger partial charge < -0.3 is 14.3 Å². The van der Waals surface area contributed by atoms with Crippen molar-refractivity contribution in [3.63, 3.8) is 0 Å². The largest absolute Gasteiger partial charge is 0.497 e. The minimum atomic E-state index is -1.63. The van der Waals surface area contributed by atoms with E-state index in [1.165, 1.54) is 12.3 Å². The van der Waals surface area contributed by atoms with Crippen molar-refractivity contribution in [2.45, 2.75) is 12.8 Å². The van der Waals surface area contributed by atoms with E-state index in [-0.39, 0.29) is 5.76 Å². The Hall–Kier alpha value is -2.89. The molecule has 1 aromatic carbocycles. The van der Waals surface area contributed by atoms with Gasteiger partial charge >= 0.3 is 5.97 Å². The molecule has 2 rings (SSSR count). The molecule has 114 valence electrons. The molecule has 0 spiro atoms. The fourth-order valence-electron chi connectivity index (χ4n) is 1.90. The molecule has 22 heavy (non-hydrogen) atoms. The first kappa shape index (κ1) is 15.5. The number of methoxy groups -OCH3 is 1. The highest BCUT2D eigenvalue weighted by Gasteiger charge is 2.20. The van der Waals surface area contributed by atoms with Gasteiger partial charge in [0.1, 0.15) is 5.75 Å². The second-order valence-electron chi connectivity index (χ2n) is 4.67. The van der Waals surface area contributed by atoms with E-state index in [9.17, 15) is 14.4 Å². The molecule has 2 aromatic rings. The summed E-state index contributed by atoms with van der Waals surface area (Å²) in [5.74, 6) is -2.69. The predicted octanol–water partition coefficient (Wildman–Crippen LogP) is 2.11. The number of ether oxygens (including phenoxy) is 1. The van der Waals surface area contributed by atoms with Crippen LogP contribution in [0.3, 0.4) is 0 Å². The van der Waals surface area contributed by atoms with Gasteiger partial charge in [-0.2, -0.15) is 0 Å². The lowest BCUT2D eigenvalue weighted by Crippen LogP contribution is -2.16. The Labute approximate surface area is 126 Å². The van der Waals surface area contributed by atoms with Crippen molar-refractivity contribution < 1.29 is 28.6 Å². The summed E-state index contributed by atoms with van der Waals surface area (Å²) < 4.78 is 10.2. The van der Waals surface area contributed by atoms with Crippen molar-refractivity contribution >= 4 is 17.5 Å². The van der Waals surface area contributed by atoms with E-state index >= 15 is 0 Å². The highest BCUT2D eigenvalue weighted by atomic mass is 16.5. The van der Waals surface area contributed by atoms with Crippen LogP contribution in [0.15, 0.2) is 41.0 Å². The van der Waals surface area contributed by atoms with Crippen LogP contribution in [0, 0.1) is 0 Å². The standard InChI is InChI=1S/C16H14O6/c1-21-12-4-2-10(3-5-12)6-11-7-15(22-9-11)13(17)8-14(18)16(19)20/h2-5,7,9H,6,8H2,1H3,(H,19,20). The van der Waals surface area contributed by atoms with Crippen molar-refractivity contribution in [3.8, 4) is 5.75 Å². The maximum Gasteiger partial charge on any atom is 0.372 e. The molecule has 0 atom stereocenters. The number of Topliss-reactive ketones (excluding diaryl/α,β-unsaturated/α-hetero) is 2. The van der Waals surface area contributed by atoms with Crippen LogP contribution in [0.1, 0.15) is 28.1 Å². The van der Waals surface area contributed by atoms with Gasteiger partial charge in [-0.15, -0.1) is 0 Å². The maximum absolute atomic E-state index is 11.7. The zero-order valence-corrected chi connectivity index (χ0v) is 11.9. The molecule has 0 saturated carbocycles. The summed E-state index contributed by atoms with van der Waals surface area (Å²) in [5, 5.41) is 8.48. The lowest BCUT2D eigenvalue weighted by atomic mass is 10.1. The third-order valence-corrected chi connectivity index (χ3v) is 3.06. The van der Waals surface area contributed by atoms with E-state index in [1.807, 2.05) is 24.3 Å². The smallest absolute Gasteiger partial charge is 0.372 e. The Balaban J connectivity index is 2.02. The van der Waals surface area contributed by atoms with Gasteiger partial charge in [0.05, 0.1) is 19.8 Å². The van der Waals surface area contributed by atoms with Crippen molar-refractivity contribution in [3.05, 3.63) is 53.5 Å². The molecule has 0 aliphatic heterocycles. The zero-order valence-electron chi connectivity index (χ0n) is 11.9. The number of carboxylic acids is 1. The Morgan fingerprint density at radius 3 is 2.41 bits per heavy atom. The van der Waals surface area contributed by atoms with Crippen LogP contribution in [0.5, 0.6) is 5.75 Å². The van der Waals surface area contributed by atoms with Crippen molar-refractivity contribution in [1.82, 2.24) is 0 Å². The van der Waals surface area contributed by atoms with Gasteiger partial charge in [0.25, 0.3) is 0 Å². The van der Waals surface area contributed by atoms with Gasteiger partial charge in [-0.1, -0.05) is 12.1 Å². The maximum atomic E-state index is 11.7. The minimum absolute atomic E-state index is 0.0156. The van der Waals surface area contributed by atoms with Crippen LogP contribution in [0.2, 0.25) is 0 Å². The van der Waals surface area contributed by atoms with Crippen molar-refractivity contribution in [2.24, 2.45) is 0 Å². The Morgan fingerprint density at radius 1 is 1.14 bits per heavy atom. The molecule has 0 fully saturated rings. The van der Waals surface area contributed by atoms with Crippen LogP contribution in [0.4, 0.5) is 0 Å². The lowest BCUT2D eigenvalue weighted by Gasteiger charge is -2.01. The predicted molar refractivity (Wildman–Crippen MR) is 76.1 cm³/mol. The monoisotopic (exact) mass is 302 g/mol. The number of carboxylic acid groups (broad SMARTS) is 1. The summed E-state index contributed by atoms with van der Waals surface area (Å²) in [6, 6.07) is 8.95. The molecule has 0 amide bonds. The summed E-state index contributed by atoms with van der Waals surface area (Å²) in [5.41, 5.74) is 1.76. The number of hydrogen-bond donors (Lipinski definition) is 1. The van der Waals surface area contributed by atoms with Gasteiger partial charge in [-0.05, 0) is 29.3 Å². The molecule has 6 nitrogen and oxygen atoms in total. The SMILES string of the molecule is COc1ccc(Cc2coc(C(=O)CC(=O)C(=O)O)c2)cc1. The van der Waals surface area contributed by atoms with Gasteiger partial charge in [0.2, 0.25) is 11.6 Å². The first-order valence-corrected chi connectivity index (χ1v) is 6.49. The number of aliphatic carboxylic acids is 1. The van der Waals surface area contributed by atoms with E-state index in [0.717, 1.165) is 16.9 Å². The average Bonchev–Trinajstić information content (AvgIpc) is 2.96. The number of carbonyl (C=O) groups excluding carboxylic acids is 2. The van der Waals surface area contributed by atoms with Crippen molar-refractivity contribution in [1.29, 1.82) is 0 Å². The quantitative estimate of drug-likeness (QED) is 0.478. The van der Waals surface area contributed by atoms with Crippen LogP contribution in [-0.2, 0) is 16.0 Å². The Morgan fingerprint density at radius 2 is 1.82 bits per heavy atom. The summed E-state index contributed by atoms with van der Waals surface area (Å²) in [7, 11) is 1.58. The van der Waals surface area contributed by atoms with E-state index < -0.39 is 24.0 Å². The fraction of sp³-hybridized carbons (Fsp3) is 0.188. The molecule has 0 bridgehead atoms. The van der Waals surface area contributed by atoms with E-state index in [0.29, 0.717) is 6.42 Å². The molecule has 0 unspecified atom stereocenters. The molecule has 1 heterocycles. The minimum Gasteiger partial charge on any atom is -0.497 e. The fourth-order valence-corrected chi connectivity index (χ4v) is 1.90. The van der Waals surface area contributed by atoms with Crippen LogP contribution in [-0.4, -0.2) is 29.8 Å². The highest BCUT2D eigenvalue weighted by molar-refractivity contribution is 6.37. The molecule has 6 heteroatoms. The number of ketones is 2. The molecular weight excluding hydrogens is 288 g/mol. The second kappa shape index (κ2) is 6.71. The molecule has 1 N–H and O–H groups in total. The third-order valence-electron chi connectivity index (χ3n) is 3.06. The summed E-state index contributed by atoms with van der Waals surface area (Å²) in [6.07, 6.45) is 1.27. The Bertz CT molecular complexity index is 696. The molecular formula is C16H14O6. The van der Waals surface area contributed by atoms with Crippen molar-refractivity contribution in [2.75, 3.05) is 7.11 Å². The lowest BCUT2D eigenvalue weighted by molar-refractivity contribution is -0.148. The number of benzene rings is 1. The summed E-state index contributed by atoms with van der Waals surface area (Å²) in [6.45, 7) is 0. The van der Waals surface area contributed by atoms with Gasteiger partial charge in [-0.25, -0.2) is 4.79 Å². The molecule has 0 radical (unpaired) electrons. The number of rotatable bonds is 7. The third kappa shape index (κ3) is 3.82. The van der Waals surface area contributed by atoms with Gasteiger partial charge in [0.15, 0.2) is 5.76 Å². The first-order chi connectivity index (χ1) is 10.5. The number of furan rings is 1. The molecule has 0 saturated heterocycles. The topological polar surface area (TPSA) is 93.8 Å². The Kier molecular flexibility index (Phi) is 4.73. The van der Waals surface area contributed by atoms with Gasteiger partial charge in [0, 0.05) is 6.42 Å². The first-order valence-electron chi connectivity index (χ1n) is 6.49. The van der Waals surface area contributed by atoms with E-state index in [2.05, 4.69) is 0 Å². The highest BCUT2D eigenvalue weighted by Crippen LogP contribution is 2.17. The van der Waals surface area contributed by atoms with Crippen LogP contribution < -0.4 is 4.74 Å². The summed E-state index contributed by atoms with van der Waals surface area (Å²) in [4.78, 5) is 33.1. The van der Waals surface area contributed by atoms with E-state index in [4.69, 9.17) is 14.3 Å². The second-order valence-corrected chi connectivity index (χ2v) is 4.67. The average molecular weight is 302 g/mol. The van der Waals surface area contributed by atoms with Gasteiger partial charge in [-0.3, -0.25) is 9.59 Å². The number of hydrogen-bond acceptors (Lipinski definition) is 5. The zero-order chi connectivity index (χ0) is 16.1. The molecule has 0 aliphatic carbocycles. The normalized spacial score (nSPS) is 10.2. The molecule has 1 aromatic heterocycles. The van der Waals surface area contributed by atoms with E-state index in [1.54, 1.807) is 7.11 Å². The van der Waals surface area contributed by atoms with Crippen LogP contribution >= 0.6 is 0 Å². The summed E-state index contributed by atoms with van der Waals surface area (Å²) >= 11 is 0.